The third-order valence-electron chi connectivity index (χ3n) is 11.2. The van der Waals surface area contributed by atoms with Gasteiger partial charge in [0.05, 0.1) is 42.0 Å². The lowest BCUT2D eigenvalue weighted by molar-refractivity contribution is 1.18. The van der Waals surface area contributed by atoms with Gasteiger partial charge in [0.2, 0.25) is 0 Å². The van der Waals surface area contributed by atoms with Gasteiger partial charge in [-0.3, -0.25) is 0 Å². The first-order valence-electron chi connectivity index (χ1n) is 22.4. The molecule has 0 aliphatic rings. The summed E-state index contributed by atoms with van der Waals surface area (Å²) in [6, 6.07) is 53.5. The fourth-order valence-corrected chi connectivity index (χ4v) is 9.79. The lowest BCUT2D eigenvalue weighted by atomic mass is 9.99. The Hall–Kier alpha value is -7.20. The molecule has 0 aliphatic heterocycles. The van der Waals surface area contributed by atoms with Crippen LogP contribution in [0.2, 0.25) is 0 Å². The Bertz CT molecular complexity index is 3910. The van der Waals surface area contributed by atoms with Gasteiger partial charge in [-0.2, -0.15) is 0 Å². The third-order valence-corrected chi connectivity index (χ3v) is 12.4. The van der Waals surface area contributed by atoms with Crippen molar-refractivity contribution in [2.24, 2.45) is 0 Å². The number of thiophene rings is 1. The van der Waals surface area contributed by atoms with Crippen LogP contribution in [0.5, 0.6) is 0 Å². The molecule has 0 atom stereocenters. The van der Waals surface area contributed by atoms with Gasteiger partial charge in [0.1, 0.15) is 0 Å². The van der Waals surface area contributed by atoms with Gasteiger partial charge >= 0.3 is 0 Å². The lowest BCUT2D eigenvalue weighted by Crippen LogP contribution is -1.95. The molecule has 0 saturated heterocycles. The summed E-state index contributed by atoms with van der Waals surface area (Å²) in [5.74, 6) is 0. The van der Waals surface area contributed by atoms with Gasteiger partial charge in [-0.15, -0.1) is 11.3 Å². The van der Waals surface area contributed by atoms with E-state index in [4.69, 9.17) is 2.74 Å². The second kappa shape index (κ2) is 12.7. The van der Waals surface area contributed by atoms with Crippen molar-refractivity contribution in [2.75, 3.05) is 0 Å². The van der Waals surface area contributed by atoms with Gasteiger partial charge in [-0.1, -0.05) is 152 Å². The number of rotatable bonds is 5. The van der Waals surface area contributed by atoms with E-state index >= 15 is 0 Å². The Balaban J connectivity index is 1.14. The van der Waals surface area contributed by atoms with E-state index in [1.54, 1.807) is 15.9 Å². The van der Waals surface area contributed by atoms with Gasteiger partial charge in [0, 0.05) is 48.3 Å². The van der Waals surface area contributed by atoms with Gasteiger partial charge in [0.25, 0.3) is 0 Å². The van der Waals surface area contributed by atoms with Crippen LogP contribution in [0.3, 0.4) is 0 Å². The van der Waals surface area contributed by atoms with E-state index in [2.05, 4.69) is 77.4 Å². The predicted molar refractivity (Wildman–Crippen MR) is 244 cm³/mol. The van der Waals surface area contributed by atoms with Crippen molar-refractivity contribution in [1.29, 1.82) is 0 Å². The minimum atomic E-state index is -0.417. The summed E-state index contributed by atoms with van der Waals surface area (Å²) in [5, 5.41) is 4.29. The highest BCUT2D eigenvalue weighted by molar-refractivity contribution is 7.26. The maximum atomic E-state index is 9.99. The summed E-state index contributed by atoms with van der Waals surface area (Å²) in [7, 11) is 0. The number of para-hydroxylation sites is 2. The van der Waals surface area contributed by atoms with Crippen LogP contribution in [0.1, 0.15) is 9.60 Å². The monoisotopic (exact) mass is 749 g/mol. The molecule has 9 aromatic carbocycles. The van der Waals surface area contributed by atoms with Crippen molar-refractivity contribution in [1.82, 2.24) is 9.13 Å². The van der Waals surface area contributed by atoms with Crippen LogP contribution in [0, 0.1) is 0 Å². The normalized spacial score (nSPS) is 13.6. The minimum absolute atomic E-state index is 0.0714. The van der Waals surface area contributed by atoms with E-state index in [1.807, 2.05) is 91.0 Å². The van der Waals surface area contributed by atoms with Crippen molar-refractivity contribution in [2.45, 2.75) is 0 Å². The molecular formula is C54H34N2S. The molecule has 0 saturated carbocycles. The zero-order valence-corrected chi connectivity index (χ0v) is 31.2. The third kappa shape index (κ3) is 4.96. The molecule has 0 spiro atoms. The van der Waals surface area contributed by atoms with Crippen molar-refractivity contribution < 1.29 is 9.60 Å². The molecule has 0 unspecified atom stereocenters. The Kier molecular flexibility index (Phi) is 5.74. The van der Waals surface area contributed by atoms with Gasteiger partial charge in [-0.25, -0.2) is 0 Å². The van der Waals surface area contributed by atoms with Crippen LogP contribution >= 0.6 is 11.3 Å². The molecule has 0 N–H and O–H groups in total. The molecule has 266 valence electrons. The Morgan fingerprint density at radius 3 is 1.95 bits per heavy atom. The van der Waals surface area contributed by atoms with Gasteiger partial charge in [-0.05, 0) is 82.3 Å². The van der Waals surface area contributed by atoms with Crippen LogP contribution in [-0.4, -0.2) is 9.13 Å². The maximum Gasteiger partial charge on any atom is 0.0645 e. The van der Waals surface area contributed by atoms with Gasteiger partial charge < -0.3 is 9.13 Å². The van der Waals surface area contributed by atoms with Crippen molar-refractivity contribution in [3.63, 3.8) is 0 Å². The second-order valence-corrected chi connectivity index (χ2v) is 15.4. The summed E-state index contributed by atoms with van der Waals surface area (Å²) in [6.45, 7) is 0. The zero-order valence-electron chi connectivity index (χ0n) is 37.4. The Morgan fingerprint density at radius 2 is 1.09 bits per heavy atom. The van der Waals surface area contributed by atoms with Crippen LogP contribution < -0.4 is 0 Å². The first kappa shape index (κ1) is 25.8. The predicted octanol–water partition coefficient (Wildman–Crippen LogP) is 15.2. The van der Waals surface area contributed by atoms with E-state index in [9.17, 15) is 6.85 Å². The molecule has 12 aromatic rings. The molecule has 2 nitrogen and oxygen atoms in total. The number of benzene rings is 9. The summed E-state index contributed by atoms with van der Waals surface area (Å²) in [5.41, 5.74) is 9.07. The molecule has 3 aromatic heterocycles. The molecule has 3 heterocycles. The molecule has 0 amide bonds. The fraction of sp³-hybridized carbons (Fsp3) is 0. The summed E-state index contributed by atoms with van der Waals surface area (Å²) in [4.78, 5) is 0. The summed E-state index contributed by atoms with van der Waals surface area (Å²) in [6.07, 6.45) is 0. The number of fused-ring (bicyclic) bond motifs is 9. The standard InChI is InChI=1S/C54H34N2S/c1-3-13-35(14-4-1)36-25-29-40(30-26-36)55-49-31-27-39(34-47(49)44-20-11-19-41(53(44)55)37-15-5-2-6-16-37)38-28-32-50-46(33-38)42-17-7-9-22-48(42)56(50)51-23-12-21-45-43-18-8-10-24-52(43)57-54(45)51/h1-34H/i7D,9D,17D,22D,28D,32D,33D. The second-order valence-electron chi connectivity index (χ2n) is 14.3. The smallest absolute Gasteiger partial charge is 0.0645 e. The average molecular weight is 750 g/mol. The van der Waals surface area contributed by atoms with Crippen molar-refractivity contribution in [3.05, 3.63) is 206 Å². The molecule has 0 aliphatic carbocycles. The van der Waals surface area contributed by atoms with E-state index < -0.39 is 12.1 Å². The van der Waals surface area contributed by atoms with E-state index in [1.165, 1.54) is 0 Å². The van der Waals surface area contributed by atoms with E-state index in [0.717, 1.165) is 69.9 Å². The van der Waals surface area contributed by atoms with E-state index in [0.29, 0.717) is 11.3 Å². The fourth-order valence-electron chi connectivity index (χ4n) is 8.59. The number of hydrogen-bond acceptors (Lipinski definition) is 1. The van der Waals surface area contributed by atoms with Crippen LogP contribution in [0.15, 0.2) is 206 Å². The van der Waals surface area contributed by atoms with Crippen molar-refractivity contribution >= 4 is 75.1 Å². The largest absolute Gasteiger partial charge is 0.309 e. The molecule has 0 fully saturated rings. The first-order chi connectivity index (χ1) is 31.2. The molecular weight excluding hydrogens is 709 g/mol. The van der Waals surface area contributed by atoms with Crippen LogP contribution in [0.4, 0.5) is 0 Å². The Morgan fingerprint density at radius 1 is 0.404 bits per heavy atom. The number of aromatic nitrogens is 2. The van der Waals surface area contributed by atoms with Crippen LogP contribution in [-0.2, 0) is 0 Å². The first-order valence-corrected chi connectivity index (χ1v) is 19.8. The molecule has 57 heavy (non-hydrogen) atoms. The highest BCUT2D eigenvalue weighted by Crippen LogP contribution is 2.43. The lowest BCUT2D eigenvalue weighted by Gasteiger charge is -2.13. The highest BCUT2D eigenvalue weighted by atomic mass is 32.1. The topological polar surface area (TPSA) is 9.86 Å². The minimum Gasteiger partial charge on any atom is -0.309 e. The van der Waals surface area contributed by atoms with Crippen LogP contribution in [0.25, 0.3) is 109 Å². The quantitative estimate of drug-likeness (QED) is 0.166. The summed E-state index contributed by atoms with van der Waals surface area (Å²) < 4.78 is 71.4. The average Bonchev–Trinajstić information content (AvgIpc) is 4.01. The van der Waals surface area contributed by atoms with E-state index in [-0.39, 0.29) is 57.6 Å². The summed E-state index contributed by atoms with van der Waals surface area (Å²) >= 11 is 1.57. The van der Waals surface area contributed by atoms with Gasteiger partial charge in [0.15, 0.2) is 0 Å². The maximum absolute atomic E-state index is 9.99. The molecule has 0 bridgehead atoms. The van der Waals surface area contributed by atoms with Crippen molar-refractivity contribution in [3.8, 4) is 44.8 Å². The molecule has 0 radical (unpaired) electrons. The molecule has 3 heteroatoms. The Labute approximate surface area is 343 Å². The number of hydrogen-bond donors (Lipinski definition) is 0. The number of nitrogens with zero attached hydrogens (tertiary/aromatic N) is 2. The molecule has 12 rings (SSSR count). The zero-order chi connectivity index (χ0) is 43.5. The SMILES string of the molecule is [2H]c1c([2H])c([2H])c2c(c1[2H])c1c([2H])c(-c3ccc4c(c3)c3cccc(-c5ccccc5)c3n4-c3ccc(-c4ccccc4)cc3)c([2H])c([2H])c1n2-c1cccc2c1sc1ccccc12. The highest BCUT2D eigenvalue weighted by Gasteiger charge is 2.20.